The minimum Gasteiger partial charge on any atom is -0.478 e. The fourth-order valence-electron chi connectivity index (χ4n) is 5.04. The second kappa shape index (κ2) is 13.1. The van der Waals surface area contributed by atoms with Crippen molar-refractivity contribution < 1.29 is 14.6 Å². The van der Waals surface area contributed by atoms with Crippen LogP contribution in [0.15, 0.2) is 91.0 Å². The fourth-order valence-corrected chi connectivity index (χ4v) is 5.04. The summed E-state index contributed by atoms with van der Waals surface area (Å²) in [5.41, 5.74) is 7.02. The van der Waals surface area contributed by atoms with E-state index in [1.807, 2.05) is 54.6 Å². The summed E-state index contributed by atoms with van der Waals surface area (Å²) < 4.78 is 8.23. The number of rotatable bonds is 13. The summed E-state index contributed by atoms with van der Waals surface area (Å²) in [6.07, 6.45) is 5.65. The molecule has 4 nitrogen and oxygen atoms in total. The smallest absolute Gasteiger partial charge is 0.345 e. The van der Waals surface area contributed by atoms with Crippen LogP contribution in [0.25, 0.3) is 11.3 Å². The standard InChI is InChI=1S/C34H39NO3/c1-4-5-6-8-11-27-15-17-29(18-16-27)26(3)35-25(2)14-23-32(35)30-19-21-31(22-20-30)38-33(34(36)37)24-28-12-9-7-10-13-28/h7,9-10,12-23,26,33H,4-6,8,11,24H2,1-3H3,(H,36,37)/t26?,33-/m1/s1. The van der Waals surface area contributed by atoms with Crippen molar-refractivity contribution in [1.29, 1.82) is 0 Å². The number of nitrogens with zero attached hydrogens (tertiary/aromatic N) is 1. The zero-order chi connectivity index (χ0) is 26.9. The van der Waals surface area contributed by atoms with Crippen LogP contribution < -0.4 is 4.74 Å². The van der Waals surface area contributed by atoms with Crippen LogP contribution in [0.3, 0.4) is 0 Å². The number of aryl methyl sites for hydroxylation is 2. The Kier molecular flexibility index (Phi) is 9.42. The number of carboxylic acids is 1. The van der Waals surface area contributed by atoms with Crippen LogP contribution in [-0.2, 0) is 17.6 Å². The molecule has 1 heterocycles. The zero-order valence-corrected chi connectivity index (χ0v) is 22.8. The topological polar surface area (TPSA) is 51.5 Å². The molecule has 4 aromatic rings. The molecule has 0 fully saturated rings. The van der Waals surface area contributed by atoms with Gasteiger partial charge in [-0.05, 0) is 85.3 Å². The zero-order valence-electron chi connectivity index (χ0n) is 22.8. The van der Waals surface area contributed by atoms with E-state index >= 15 is 0 Å². The van der Waals surface area contributed by atoms with Crippen molar-refractivity contribution in [3.8, 4) is 17.0 Å². The summed E-state index contributed by atoms with van der Waals surface area (Å²) in [5, 5.41) is 9.69. The molecule has 0 amide bonds. The number of aliphatic carboxylic acids is 1. The lowest BCUT2D eigenvalue weighted by atomic mass is 10.0. The van der Waals surface area contributed by atoms with Gasteiger partial charge in [0.15, 0.2) is 6.10 Å². The van der Waals surface area contributed by atoms with E-state index in [4.69, 9.17) is 4.74 Å². The number of aromatic nitrogens is 1. The van der Waals surface area contributed by atoms with Crippen LogP contribution in [0.4, 0.5) is 0 Å². The van der Waals surface area contributed by atoms with Gasteiger partial charge in [0.1, 0.15) is 5.75 Å². The Labute approximate surface area is 226 Å². The number of benzene rings is 3. The van der Waals surface area contributed by atoms with Gasteiger partial charge in [-0.2, -0.15) is 0 Å². The Morgan fingerprint density at radius 1 is 0.842 bits per heavy atom. The van der Waals surface area contributed by atoms with E-state index in [0.717, 1.165) is 23.2 Å². The normalized spacial score (nSPS) is 12.7. The first-order chi connectivity index (χ1) is 18.5. The predicted molar refractivity (Wildman–Crippen MR) is 155 cm³/mol. The highest BCUT2D eigenvalue weighted by Crippen LogP contribution is 2.31. The summed E-state index contributed by atoms with van der Waals surface area (Å²) in [6, 6.07) is 30.9. The van der Waals surface area contributed by atoms with Crippen molar-refractivity contribution in [3.05, 3.63) is 113 Å². The first-order valence-corrected chi connectivity index (χ1v) is 13.8. The minimum absolute atomic E-state index is 0.187. The minimum atomic E-state index is -0.969. The average molecular weight is 510 g/mol. The molecule has 0 aliphatic rings. The van der Waals surface area contributed by atoms with Gasteiger partial charge in [-0.3, -0.25) is 0 Å². The number of carboxylic acid groups (broad SMARTS) is 1. The highest BCUT2D eigenvalue weighted by atomic mass is 16.5. The van der Waals surface area contributed by atoms with Crippen LogP contribution in [0.2, 0.25) is 0 Å². The fraction of sp³-hybridized carbons (Fsp3) is 0.324. The highest BCUT2D eigenvalue weighted by molar-refractivity contribution is 5.73. The largest absolute Gasteiger partial charge is 0.478 e. The second-order valence-corrected chi connectivity index (χ2v) is 10.1. The van der Waals surface area contributed by atoms with Gasteiger partial charge in [0.2, 0.25) is 0 Å². The Hall–Kier alpha value is -3.79. The third kappa shape index (κ3) is 6.95. The predicted octanol–water partition coefficient (Wildman–Crippen LogP) is 8.27. The Morgan fingerprint density at radius 2 is 1.55 bits per heavy atom. The molecule has 38 heavy (non-hydrogen) atoms. The molecule has 198 valence electrons. The van der Waals surface area contributed by atoms with E-state index in [-0.39, 0.29) is 6.04 Å². The van der Waals surface area contributed by atoms with Gasteiger partial charge in [0, 0.05) is 17.8 Å². The number of ether oxygens (including phenoxy) is 1. The van der Waals surface area contributed by atoms with Crippen molar-refractivity contribution in [3.63, 3.8) is 0 Å². The second-order valence-electron chi connectivity index (χ2n) is 10.1. The molecule has 0 radical (unpaired) electrons. The quantitative estimate of drug-likeness (QED) is 0.185. The lowest BCUT2D eigenvalue weighted by Crippen LogP contribution is -2.29. The van der Waals surface area contributed by atoms with Crippen LogP contribution in [0.5, 0.6) is 5.75 Å². The van der Waals surface area contributed by atoms with Gasteiger partial charge in [-0.15, -0.1) is 0 Å². The van der Waals surface area contributed by atoms with E-state index < -0.39 is 12.1 Å². The molecule has 3 aromatic carbocycles. The average Bonchev–Trinajstić information content (AvgIpc) is 3.32. The molecule has 1 unspecified atom stereocenters. The Bertz CT molecular complexity index is 1290. The van der Waals surface area contributed by atoms with Gasteiger partial charge < -0.3 is 14.4 Å². The third-order valence-electron chi connectivity index (χ3n) is 7.26. The Morgan fingerprint density at radius 3 is 2.21 bits per heavy atom. The summed E-state index contributed by atoms with van der Waals surface area (Å²) in [7, 11) is 0. The van der Waals surface area contributed by atoms with E-state index in [0.29, 0.717) is 12.2 Å². The van der Waals surface area contributed by atoms with E-state index in [2.05, 4.69) is 61.7 Å². The lowest BCUT2D eigenvalue weighted by molar-refractivity contribution is -0.145. The first kappa shape index (κ1) is 27.3. The van der Waals surface area contributed by atoms with Crippen LogP contribution in [0, 0.1) is 6.92 Å². The molecule has 1 aromatic heterocycles. The van der Waals surface area contributed by atoms with E-state index in [9.17, 15) is 9.90 Å². The van der Waals surface area contributed by atoms with Crippen molar-refractivity contribution in [2.45, 2.75) is 71.4 Å². The molecule has 0 aliphatic heterocycles. The molecule has 0 aliphatic carbocycles. The lowest BCUT2D eigenvalue weighted by Gasteiger charge is -2.21. The van der Waals surface area contributed by atoms with Gasteiger partial charge in [-0.1, -0.05) is 80.8 Å². The van der Waals surface area contributed by atoms with Gasteiger partial charge in [-0.25, -0.2) is 4.79 Å². The van der Waals surface area contributed by atoms with E-state index in [1.54, 1.807) is 0 Å². The van der Waals surface area contributed by atoms with Gasteiger partial charge in [0.25, 0.3) is 0 Å². The summed E-state index contributed by atoms with van der Waals surface area (Å²) >= 11 is 0. The molecule has 2 atom stereocenters. The maximum Gasteiger partial charge on any atom is 0.345 e. The number of unbranched alkanes of at least 4 members (excludes halogenated alkanes) is 3. The molecule has 0 saturated carbocycles. The number of carbonyl (C=O) groups is 1. The summed E-state index contributed by atoms with van der Waals surface area (Å²) in [4.78, 5) is 11.8. The summed E-state index contributed by atoms with van der Waals surface area (Å²) in [5.74, 6) is -0.419. The molecule has 0 spiro atoms. The maximum atomic E-state index is 11.8. The van der Waals surface area contributed by atoms with Gasteiger partial charge >= 0.3 is 5.97 Å². The van der Waals surface area contributed by atoms with Crippen LogP contribution >= 0.6 is 0 Å². The highest BCUT2D eigenvalue weighted by Gasteiger charge is 2.20. The number of hydrogen-bond donors (Lipinski definition) is 1. The number of hydrogen-bond acceptors (Lipinski definition) is 2. The SMILES string of the molecule is CCCCCCc1ccc(C(C)n2c(C)ccc2-c2ccc(O[C@H](Cc3ccccc3)C(=O)O)cc2)cc1. The third-order valence-corrected chi connectivity index (χ3v) is 7.26. The molecule has 0 saturated heterocycles. The summed E-state index contributed by atoms with van der Waals surface area (Å²) in [6.45, 7) is 6.63. The van der Waals surface area contributed by atoms with Crippen molar-refractivity contribution >= 4 is 5.97 Å². The van der Waals surface area contributed by atoms with Crippen LogP contribution in [0.1, 0.15) is 68.0 Å². The molecule has 0 bridgehead atoms. The maximum absolute atomic E-state index is 11.8. The molecular weight excluding hydrogens is 470 g/mol. The van der Waals surface area contributed by atoms with E-state index in [1.165, 1.54) is 42.5 Å². The molecule has 1 N–H and O–H groups in total. The van der Waals surface area contributed by atoms with Crippen molar-refractivity contribution in [1.82, 2.24) is 4.57 Å². The van der Waals surface area contributed by atoms with Gasteiger partial charge in [0.05, 0.1) is 6.04 Å². The van der Waals surface area contributed by atoms with Crippen LogP contribution in [-0.4, -0.2) is 21.7 Å². The molecular formula is C34H39NO3. The first-order valence-electron chi connectivity index (χ1n) is 13.8. The molecule has 4 rings (SSSR count). The van der Waals surface area contributed by atoms with Crippen molar-refractivity contribution in [2.75, 3.05) is 0 Å². The van der Waals surface area contributed by atoms with Crippen molar-refractivity contribution in [2.24, 2.45) is 0 Å². The Balaban J connectivity index is 1.47. The molecule has 4 heteroatoms. The monoisotopic (exact) mass is 509 g/mol.